The summed E-state index contributed by atoms with van der Waals surface area (Å²) in [6, 6.07) is 7.12. The Labute approximate surface area is 115 Å². The van der Waals surface area contributed by atoms with Gasteiger partial charge in [0.15, 0.2) is 11.9 Å². The fourth-order valence-electron chi connectivity index (χ4n) is 2.19. The van der Waals surface area contributed by atoms with E-state index in [2.05, 4.69) is 5.16 Å². The molecular formula is C14H14N2O4. The first-order chi connectivity index (χ1) is 9.60. The van der Waals surface area contributed by atoms with Crippen LogP contribution in [0.5, 0.6) is 5.75 Å². The summed E-state index contributed by atoms with van der Waals surface area (Å²) in [4.78, 5) is 13.5. The topological polar surface area (TPSA) is 75.8 Å². The lowest BCUT2D eigenvalue weighted by Crippen LogP contribution is -2.41. The number of nitrogens with zero attached hydrogens (tertiary/aromatic N) is 2. The number of benzene rings is 1. The Bertz CT molecular complexity index is 665. The molecule has 104 valence electrons. The molecule has 6 heteroatoms. The Kier molecular flexibility index (Phi) is 2.94. The average molecular weight is 274 g/mol. The molecule has 1 atom stereocenters. The van der Waals surface area contributed by atoms with E-state index in [4.69, 9.17) is 14.4 Å². The standard InChI is InChI=1S/C14H14N2O4/c1-8-14(18)16(2)12-5-9(3-4-13(12)19-8)11-6-10(7-17)20-15-11/h3-6,8,17H,7H2,1-2H3. The van der Waals surface area contributed by atoms with Crippen molar-refractivity contribution in [2.24, 2.45) is 0 Å². The maximum Gasteiger partial charge on any atom is 0.267 e. The molecule has 0 aliphatic carbocycles. The highest BCUT2D eigenvalue weighted by Gasteiger charge is 2.29. The summed E-state index contributed by atoms with van der Waals surface area (Å²) < 4.78 is 10.5. The lowest BCUT2D eigenvalue weighted by Gasteiger charge is -2.30. The highest BCUT2D eigenvalue weighted by molar-refractivity contribution is 5.99. The van der Waals surface area contributed by atoms with Crippen molar-refractivity contribution in [2.75, 3.05) is 11.9 Å². The van der Waals surface area contributed by atoms with Crippen LogP contribution in [-0.2, 0) is 11.4 Å². The van der Waals surface area contributed by atoms with E-state index in [1.807, 2.05) is 12.1 Å². The Balaban J connectivity index is 2.02. The monoisotopic (exact) mass is 274 g/mol. The molecule has 6 nitrogen and oxygen atoms in total. The van der Waals surface area contributed by atoms with E-state index in [-0.39, 0.29) is 12.5 Å². The molecule has 0 bridgehead atoms. The van der Waals surface area contributed by atoms with Gasteiger partial charge in [0.1, 0.15) is 18.1 Å². The van der Waals surface area contributed by atoms with Gasteiger partial charge in [-0.1, -0.05) is 5.16 Å². The summed E-state index contributed by atoms with van der Waals surface area (Å²) in [6.45, 7) is 1.53. The number of fused-ring (bicyclic) bond motifs is 1. The first kappa shape index (κ1) is 12.7. The van der Waals surface area contributed by atoms with Crippen LogP contribution in [0.25, 0.3) is 11.3 Å². The molecule has 0 saturated carbocycles. The molecule has 2 aromatic rings. The van der Waals surface area contributed by atoms with E-state index in [1.54, 1.807) is 31.0 Å². The smallest absolute Gasteiger partial charge is 0.267 e. The second kappa shape index (κ2) is 4.64. The number of carbonyl (C=O) groups excluding carboxylic acids is 1. The van der Waals surface area contributed by atoms with E-state index in [0.717, 1.165) is 5.56 Å². The van der Waals surface area contributed by atoms with E-state index >= 15 is 0 Å². The normalized spacial score (nSPS) is 17.9. The fraction of sp³-hybridized carbons (Fsp3) is 0.286. The molecule has 0 saturated heterocycles. The Morgan fingerprint density at radius 3 is 2.90 bits per heavy atom. The van der Waals surface area contributed by atoms with Crippen LogP contribution in [0.4, 0.5) is 5.69 Å². The number of rotatable bonds is 2. The van der Waals surface area contributed by atoms with Gasteiger partial charge in [0.25, 0.3) is 5.91 Å². The summed E-state index contributed by atoms with van der Waals surface area (Å²) in [6.07, 6.45) is -0.480. The van der Waals surface area contributed by atoms with Gasteiger partial charge < -0.3 is 19.3 Å². The van der Waals surface area contributed by atoms with Crippen molar-refractivity contribution in [3.8, 4) is 17.0 Å². The molecule has 1 aromatic carbocycles. The molecule has 1 N–H and O–H groups in total. The maximum absolute atomic E-state index is 11.9. The molecule has 0 spiro atoms. The number of ether oxygens (including phenoxy) is 1. The lowest BCUT2D eigenvalue weighted by atomic mass is 10.1. The van der Waals surface area contributed by atoms with Gasteiger partial charge in [-0.15, -0.1) is 0 Å². The third-order valence-electron chi connectivity index (χ3n) is 3.31. The van der Waals surface area contributed by atoms with E-state index in [0.29, 0.717) is 22.9 Å². The highest BCUT2D eigenvalue weighted by atomic mass is 16.5. The first-order valence-electron chi connectivity index (χ1n) is 6.25. The number of aromatic nitrogens is 1. The Morgan fingerprint density at radius 1 is 1.40 bits per heavy atom. The average Bonchev–Trinajstić information content (AvgIpc) is 2.93. The molecule has 1 unspecified atom stereocenters. The number of carbonyl (C=O) groups is 1. The second-order valence-electron chi connectivity index (χ2n) is 4.68. The molecule has 1 aliphatic heterocycles. The molecule has 1 amide bonds. The van der Waals surface area contributed by atoms with Gasteiger partial charge in [-0.3, -0.25) is 4.79 Å². The number of anilines is 1. The number of amides is 1. The first-order valence-corrected chi connectivity index (χ1v) is 6.25. The predicted molar refractivity (Wildman–Crippen MR) is 71.4 cm³/mol. The van der Waals surface area contributed by atoms with Crippen LogP contribution in [0.2, 0.25) is 0 Å². The van der Waals surface area contributed by atoms with Crippen molar-refractivity contribution in [3.05, 3.63) is 30.0 Å². The zero-order valence-electron chi connectivity index (χ0n) is 11.2. The van der Waals surface area contributed by atoms with Crippen molar-refractivity contribution in [1.82, 2.24) is 5.16 Å². The van der Waals surface area contributed by atoms with Gasteiger partial charge >= 0.3 is 0 Å². The second-order valence-corrected chi connectivity index (χ2v) is 4.68. The van der Waals surface area contributed by atoms with Crippen LogP contribution in [-0.4, -0.2) is 29.3 Å². The van der Waals surface area contributed by atoms with Gasteiger partial charge in [-0.2, -0.15) is 0 Å². The van der Waals surface area contributed by atoms with Gasteiger partial charge in [-0.05, 0) is 25.1 Å². The maximum atomic E-state index is 11.9. The SMILES string of the molecule is CC1Oc2ccc(-c3cc(CO)on3)cc2N(C)C1=O. The molecule has 1 aliphatic rings. The summed E-state index contributed by atoms with van der Waals surface area (Å²) in [5.74, 6) is 0.965. The van der Waals surface area contributed by atoms with Gasteiger partial charge in [0.05, 0.1) is 5.69 Å². The molecule has 0 radical (unpaired) electrons. The predicted octanol–water partition coefficient (Wildman–Crippen LogP) is 1.58. The Hall–Kier alpha value is -2.34. The highest BCUT2D eigenvalue weighted by Crippen LogP contribution is 2.36. The van der Waals surface area contributed by atoms with Gasteiger partial charge in [0.2, 0.25) is 0 Å². The van der Waals surface area contributed by atoms with Crippen LogP contribution in [0.3, 0.4) is 0 Å². The summed E-state index contributed by atoms with van der Waals surface area (Å²) in [5, 5.41) is 12.9. The zero-order valence-corrected chi connectivity index (χ0v) is 11.2. The molecule has 0 fully saturated rings. The minimum atomic E-state index is -0.480. The quantitative estimate of drug-likeness (QED) is 0.899. The fourth-order valence-corrected chi connectivity index (χ4v) is 2.19. The van der Waals surface area contributed by atoms with Gasteiger partial charge in [0, 0.05) is 18.7 Å². The number of aliphatic hydroxyl groups excluding tert-OH is 1. The third kappa shape index (κ3) is 1.94. The Morgan fingerprint density at radius 2 is 2.20 bits per heavy atom. The molecule has 20 heavy (non-hydrogen) atoms. The number of hydrogen-bond acceptors (Lipinski definition) is 5. The minimum Gasteiger partial charge on any atom is -0.479 e. The molecule has 1 aromatic heterocycles. The van der Waals surface area contributed by atoms with Crippen molar-refractivity contribution < 1.29 is 19.2 Å². The number of aliphatic hydroxyl groups is 1. The van der Waals surface area contributed by atoms with E-state index < -0.39 is 6.10 Å². The number of hydrogen-bond donors (Lipinski definition) is 1. The minimum absolute atomic E-state index is 0.0918. The van der Waals surface area contributed by atoms with Crippen molar-refractivity contribution in [1.29, 1.82) is 0 Å². The van der Waals surface area contributed by atoms with Crippen molar-refractivity contribution in [2.45, 2.75) is 19.6 Å². The van der Waals surface area contributed by atoms with Crippen LogP contribution < -0.4 is 9.64 Å². The summed E-state index contributed by atoms with van der Waals surface area (Å²) in [7, 11) is 1.71. The largest absolute Gasteiger partial charge is 0.479 e. The van der Waals surface area contributed by atoms with Crippen LogP contribution in [0, 0.1) is 0 Å². The zero-order chi connectivity index (χ0) is 14.3. The van der Waals surface area contributed by atoms with E-state index in [9.17, 15) is 4.79 Å². The molecule has 3 rings (SSSR count). The van der Waals surface area contributed by atoms with Crippen molar-refractivity contribution >= 4 is 11.6 Å². The van der Waals surface area contributed by atoms with Crippen LogP contribution in [0.1, 0.15) is 12.7 Å². The third-order valence-corrected chi connectivity index (χ3v) is 3.31. The van der Waals surface area contributed by atoms with E-state index in [1.165, 1.54) is 0 Å². The van der Waals surface area contributed by atoms with Gasteiger partial charge in [-0.25, -0.2) is 0 Å². The van der Waals surface area contributed by atoms with Crippen LogP contribution >= 0.6 is 0 Å². The number of likely N-dealkylation sites (N-methyl/N-ethyl adjacent to an activating group) is 1. The van der Waals surface area contributed by atoms with Crippen LogP contribution in [0.15, 0.2) is 28.8 Å². The lowest BCUT2D eigenvalue weighted by molar-refractivity contribution is -0.125. The summed E-state index contributed by atoms with van der Waals surface area (Å²) >= 11 is 0. The van der Waals surface area contributed by atoms with Crippen molar-refractivity contribution in [3.63, 3.8) is 0 Å². The summed E-state index contributed by atoms with van der Waals surface area (Å²) in [5.41, 5.74) is 2.10. The molecule has 2 heterocycles. The molecular weight excluding hydrogens is 260 g/mol.